The molecule has 0 saturated carbocycles. The third-order valence-electron chi connectivity index (χ3n) is 4.05. The largest absolute Gasteiger partial charge is 0.302 e. The molecule has 0 fully saturated rings. The maximum atomic E-state index is 13.8. The number of hydrogen-bond acceptors (Lipinski definition) is 6. The number of nitrogens with one attached hydrogen (secondary N) is 1. The van der Waals surface area contributed by atoms with E-state index in [9.17, 15) is 13.8 Å². The summed E-state index contributed by atoms with van der Waals surface area (Å²) in [5.41, 5.74) is -0.0922. The molecule has 1 aromatic carbocycles. The van der Waals surface area contributed by atoms with Crippen LogP contribution in [0.4, 0.5) is 5.13 Å². The molecule has 1 atom stereocenters. The van der Waals surface area contributed by atoms with Crippen molar-refractivity contribution in [2.45, 2.75) is 37.0 Å². The van der Waals surface area contributed by atoms with Crippen LogP contribution in [0, 0.1) is 5.41 Å². The molecule has 0 spiro atoms. The molecule has 9 heteroatoms. The number of thiazole rings is 1. The van der Waals surface area contributed by atoms with Crippen LogP contribution in [0.15, 0.2) is 74.4 Å². The SMILES string of the molecule is CC(C)(C)C(=O)Nc1nc(CC(=O)N=S(=O)(c2ccccc2)c2ccncc2)cs1. The second-order valence-electron chi connectivity index (χ2n) is 7.53. The highest BCUT2D eigenvalue weighted by Crippen LogP contribution is 2.24. The molecule has 0 aliphatic carbocycles. The predicted octanol–water partition coefficient (Wildman–Crippen LogP) is 4.18. The number of rotatable bonds is 5. The first-order chi connectivity index (χ1) is 14.2. The lowest BCUT2D eigenvalue weighted by Gasteiger charge is -2.15. The predicted molar refractivity (Wildman–Crippen MR) is 117 cm³/mol. The van der Waals surface area contributed by atoms with Crippen LogP contribution in [-0.4, -0.2) is 26.0 Å². The van der Waals surface area contributed by atoms with Crippen LogP contribution in [0.3, 0.4) is 0 Å². The van der Waals surface area contributed by atoms with Crippen LogP contribution in [0.25, 0.3) is 0 Å². The van der Waals surface area contributed by atoms with E-state index in [1.165, 1.54) is 23.7 Å². The van der Waals surface area contributed by atoms with Crippen molar-refractivity contribution in [2.24, 2.45) is 9.78 Å². The summed E-state index contributed by atoms with van der Waals surface area (Å²) in [5, 5.41) is 4.83. The van der Waals surface area contributed by atoms with Crippen molar-refractivity contribution < 1.29 is 13.8 Å². The quantitative estimate of drug-likeness (QED) is 0.639. The highest BCUT2D eigenvalue weighted by Gasteiger charge is 2.23. The second kappa shape index (κ2) is 8.85. The van der Waals surface area contributed by atoms with E-state index >= 15 is 0 Å². The molecule has 1 N–H and O–H groups in total. The summed E-state index contributed by atoms with van der Waals surface area (Å²) in [6.07, 6.45) is 2.92. The summed E-state index contributed by atoms with van der Waals surface area (Å²) >= 11 is 1.23. The zero-order chi connectivity index (χ0) is 21.8. The zero-order valence-electron chi connectivity index (χ0n) is 16.9. The number of anilines is 1. The lowest BCUT2D eigenvalue weighted by molar-refractivity contribution is -0.123. The summed E-state index contributed by atoms with van der Waals surface area (Å²) in [6, 6.07) is 11.9. The molecule has 30 heavy (non-hydrogen) atoms. The van der Waals surface area contributed by atoms with E-state index in [-0.39, 0.29) is 12.3 Å². The molecule has 2 amide bonds. The first-order valence-electron chi connectivity index (χ1n) is 9.19. The molecule has 1 unspecified atom stereocenters. The Hall–Kier alpha value is -2.91. The fourth-order valence-electron chi connectivity index (χ4n) is 2.43. The summed E-state index contributed by atoms with van der Waals surface area (Å²) in [5.74, 6) is -0.719. The van der Waals surface area contributed by atoms with Gasteiger partial charge in [-0.2, -0.15) is 4.36 Å². The average Bonchev–Trinajstić information content (AvgIpc) is 3.15. The minimum absolute atomic E-state index is 0.114. The number of nitrogens with zero attached hydrogens (tertiary/aromatic N) is 3. The monoisotopic (exact) mass is 442 g/mol. The molecule has 0 bridgehead atoms. The van der Waals surface area contributed by atoms with Crippen LogP contribution in [0.5, 0.6) is 0 Å². The van der Waals surface area contributed by atoms with E-state index in [0.29, 0.717) is 20.6 Å². The van der Waals surface area contributed by atoms with Crippen LogP contribution in [-0.2, 0) is 25.7 Å². The third kappa shape index (κ3) is 5.17. The van der Waals surface area contributed by atoms with E-state index in [0.717, 1.165) is 0 Å². The Labute approximate surface area is 179 Å². The van der Waals surface area contributed by atoms with Gasteiger partial charge in [0, 0.05) is 23.2 Å². The number of aromatic nitrogens is 2. The van der Waals surface area contributed by atoms with Gasteiger partial charge in [0.1, 0.15) is 9.73 Å². The maximum absolute atomic E-state index is 13.8. The van der Waals surface area contributed by atoms with Gasteiger partial charge in [-0.05, 0) is 24.3 Å². The normalized spacial score (nSPS) is 13.3. The van der Waals surface area contributed by atoms with Gasteiger partial charge in [0.15, 0.2) is 5.13 Å². The molecule has 0 aliphatic rings. The van der Waals surface area contributed by atoms with E-state index in [1.54, 1.807) is 68.6 Å². The van der Waals surface area contributed by atoms with Gasteiger partial charge in [0.05, 0.1) is 21.9 Å². The summed E-state index contributed by atoms with van der Waals surface area (Å²) in [4.78, 5) is 33.9. The Morgan fingerprint density at radius 3 is 2.33 bits per heavy atom. The fraction of sp³-hybridized carbons (Fsp3) is 0.238. The van der Waals surface area contributed by atoms with Crippen molar-refractivity contribution in [3.8, 4) is 0 Å². The molecule has 0 aliphatic heterocycles. The number of carbonyl (C=O) groups excluding carboxylic acids is 2. The molecule has 2 aromatic heterocycles. The van der Waals surface area contributed by atoms with E-state index in [2.05, 4.69) is 19.6 Å². The van der Waals surface area contributed by atoms with E-state index < -0.39 is 21.1 Å². The number of amides is 2. The van der Waals surface area contributed by atoms with Gasteiger partial charge >= 0.3 is 0 Å². The molecule has 156 valence electrons. The molecule has 3 aromatic rings. The van der Waals surface area contributed by atoms with Crippen molar-refractivity contribution in [2.75, 3.05) is 5.32 Å². The van der Waals surface area contributed by atoms with Gasteiger partial charge in [-0.15, -0.1) is 11.3 Å². The van der Waals surface area contributed by atoms with E-state index in [1.807, 2.05) is 0 Å². The first kappa shape index (κ1) is 21.8. The van der Waals surface area contributed by atoms with Gasteiger partial charge in [-0.25, -0.2) is 9.19 Å². The molecule has 0 saturated heterocycles. The number of benzene rings is 1. The second-order valence-corrected chi connectivity index (χ2v) is 10.6. The van der Waals surface area contributed by atoms with Crippen LogP contribution in [0.1, 0.15) is 26.5 Å². The first-order valence-corrected chi connectivity index (χ1v) is 11.6. The molecule has 2 heterocycles. The Kier molecular flexibility index (Phi) is 6.42. The summed E-state index contributed by atoms with van der Waals surface area (Å²) in [7, 11) is -3.16. The maximum Gasteiger partial charge on any atom is 0.260 e. The smallest absolute Gasteiger partial charge is 0.260 e. The summed E-state index contributed by atoms with van der Waals surface area (Å²) in [6.45, 7) is 5.41. The van der Waals surface area contributed by atoms with Crippen molar-refractivity contribution >= 4 is 38.0 Å². The average molecular weight is 443 g/mol. The van der Waals surface area contributed by atoms with Crippen LogP contribution < -0.4 is 5.32 Å². The van der Waals surface area contributed by atoms with Crippen LogP contribution >= 0.6 is 11.3 Å². The van der Waals surface area contributed by atoms with Gasteiger partial charge in [0.25, 0.3) is 5.91 Å². The van der Waals surface area contributed by atoms with Crippen LogP contribution in [0.2, 0.25) is 0 Å². The Morgan fingerprint density at radius 1 is 1.07 bits per heavy atom. The standard InChI is InChI=1S/C21H22N4O3S2/c1-21(2,3)19(27)24-20-23-15(14-29-20)13-18(26)25-30(28,16-7-5-4-6-8-16)17-9-11-22-12-10-17/h4-12,14H,13H2,1-3H3,(H,23,24,27). The minimum Gasteiger partial charge on any atom is -0.302 e. The highest BCUT2D eigenvalue weighted by atomic mass is 32.2. The molecule has 0 radical (unpaired) electrons. The lowest BCUT2D eigenvalue weighted by atomic mass is 9.96. The third-order valence-corrected chi connectivity index (χ3v) is 7.14. The van der Waals surface area contributed by atoms with Gasteiger partial charge in [-0.1, -0.05) is 39.0 Å². The molecule has 7 nitrogen and oxygen atoms in total. The fourth-order valence-corrected chi connectivity index (χ4v) is 4.99. The van der Waals surface area contributed by atoms with E-state index in [4.69, 9.17) is 0 Å². The van der Waals surface area contributed by atoms with Crippen molar-refractivity contribution in [3.63, 3.8) is 0 Å². The Morgan fingerprint density at radius 2 is 1.70 bits per heavy atom. The van der Waals surface area contributed by atoms with Crippen molar-refractivity contribution in [1.82, 2.24) is 9.97 Å². The number of pyridine rings is 1. The highest BCUT2D eigenvalue weighted by molar-refractivity contribution is 7.94. The van der Waals surface area contributed by atoms with Crippen molar-refractivity contribution in [3.05, 3.63) is 65.9 Å². The molecule has 3 rings (SSSR count). The number of hydrogen-bond donors (Lipinski definition) is 1. The molecular formula is C21H22N4O3S2. The van der Waals surface area contributed by atoms with Gasteiger partial charge < -0.3 is 5.32 Å². The van der Waals surface area contributed by atoms with Gasteiger partial charge in [0.2, 0.25) is 5.91 Å². The molecular weight excluding hydrogens is 420 g/mol. The summed E-state index contributed by atoms with van der Waals surface area (Å²) < 4.78 is 17.9. The lowest BCUT2D eigenvalue weighted by Crippen LogP contribution is -2.27. The Bertz CT molecular complexity index is 1110. The zero-order valence-corrected chi connectivity index (χ0v) is 18.5. The van der Waals surface area contributed by atoms with Crippen molar-refractivity contribution in [1.29, 1.82) is 0 Å². The topological polar surface area (TPSA) is 101 Å². The minimum atomic E-state index is -3.16. The van der Waals surface area contributed by atoms with Gasteiger partial charge in [-0.3, -0.25) is 14.6 Å². The number of carbonyl (C=O) groups is 2. The Balaban J connectivity index is 1.87.